The van der Waals surface area contributed by atoms with Crippen molar-refractivity contribution < 1.29 is 10.2 Å². The van der Waals surface area contributed by atoms with E-state index in [1.807, 2.05) is 19.1 Å². The van der Waals surface area contributed by atoms with Crippen molar-refractivity contribution in [2.24, 2.45) is 11.3 Å². The first kappa shape index (κ1) is 12.7. The lowest BCUT2D eigenvalue weighted by Crippen LogP contribution is -2.33. The molecule has 0 amide bonds. The fourth-order valence-corrected chi connectivity index (χ4v) is 3.83. The molecule has 2 aliphatic rings. The van der Waals surface area contributed by atoms with Crippen LogP contribution in [0.15, 0.2) is 24.3 Å². The minimum Gasteiger partial charge on any atom is -0.508 e. The van der Waals surface area contributed by atoms with Crippen LogP contribution in [0.3, 0.4) is 0 Å². The van der Waals surface area contributed by atoms with Gasteiger partial charge in [0.15, 0.2) is 0 Å². The molecule has 0 unspecified atom stereocenters. The quantitative estimate of drug-likeness (QED) is 0.807. The Morgan fingerprint density at radius 1 is 1.26 bits per heavy atom. The third-order valence-electron chi connectivity index (χ3n) is 5.25. The van der Waals surface area contributed by atoms with Crippen LogP contribution in [-0.2, 0) is 0 Å². The van der Waals surface area contributed by atoms with Crippen LogP contribution in [0.1, 0.15) is 43.7 Å². The zero-order valence-corrected chi connectivity index (χ0v) is 11.7. The van der Waals surface area contributed by atoms with Crippen molar-refractivity contribution in [3.63, 3.8) is 0 Å². The van der Waals surface area contributed by atoms with Gasteiger partial charge in [0.05, 0.1) is 6.10 Å². The highest BCUT2D eigenvalue weighted by Crippen LogP contribution is 2.52. The summed E-state index contributed by atoms with van der Waals surface area (Å²) in [4.78, 5) is 0. The average Bonchev–Trinajstić information content (AvgIpc) is 2.66. The van der Waals surface area contributed by atoms with Crippen molar-refractivity contribution in [3.05, 3.63) is 35.4 Å². The molecule has 0 saturated heterocycles. The maximum atomic E-state index is 10.2. The van der Waals surface area contributed by atoms with E-state index in [9.17, 15) is 10.2 Å². The molecule has 0 spiro atoms. The molecule has 2 nitrogen and oxygen atoms in total. The van der Waals surface area contributed by atoms with Gasteiger partial charge in [-0.05, 0) is 67.4 Å². The summed E-state index contributed by atoms with van der Waals surface area (Å²) in [6.07, 6.45) is 6.34. The van der Waals surface area contributed by atoms with Crippen LogP contribution in [0.2, 0.25) is 0 Å². The summed E-state index contributed by atoms with van der Waals surface area (Å²) in [6.45, 7) is 4.28. The van der Waals surface area contributed by atoms with Crippen LogP contribution in [-0.4, -0.2) is 16.3 Å². The zero-order valence-electron chi connectivity index (χ0n) is 11.7. The molecule has 1 saturated carbocycles. The topological polar surface area (TPSA) is 40.5 Å². The molecule has 0 heterocycles. The van der Waals surface area contributed by atoms with E-state index in [-0.39, 0.29) is 11.5 Å². The van der Waals surface area contributed by atoms with E-state index in [2.05, 4.69) is 13.0 Å². The van der Waals surface area contributed by atoms with Gasteiger partial charge in [0.2, 0.25) is 0 Å². The third-order valence-corrected chi connectivity index (χ3v) is 5.25. The lowest BCUT2D eigenvalue weighted by atomic mass is 9.69. The molecule has 2 heteroatoms. The summed E-state index contributed by atoms with van der Waals surface area (Å²) < 4.78 is 0. The number of phenolic OH excluding ortho intramolecular Hbond substituents is 1. The van der Waals surface area contributed by atoms with E-state index >= 15 is 0 Å². The molecule has 1 fully saturated rings. The first-order chi connectivity index (χ1) is 9.00. The molecule has 0 bridgehead atoms. The molecule has 1 aromatic rings. The molecule has 2 aliphatic carbocycles. The number of aryl methyl sites for hydroxylation is 1. The van der Waals surface area contributed by atoms with E-state index < -0.39 is 0 Å². The van der Waals surface area contributed by atoms with E-state index in [0.717, 1.165) is 31.2 Å². The fraction of sp³-hybridized carbons (Fsp3) is 0.529. The first-order valence-corrected chi connectivity index (χ1v) is 7.19. The normalized spacial score (nSPS) is 33.9. The van der Waals surface area contributed by atoms with E-state index in [1.165, 1.54) is 11.1 Å². The van der Waals surface area contributed by atoms with Crippen LogP contribution in [0.4, 0.5) is 0 Å². The second-order valence-electron chi connectivity index (χ2n) is 6.40. The first-order valence-electron chi connectivity index (χ1n) is 7.19. The Bertz CT molecular complexity index is 532. The number of phenols is 1. The van der Waals surface area contributed by atoms with Gasteiger partial charge in [0, 0.05) is 5.41 Å². The van der Waals surface area contributed by atoms with Crippen LogP contribution in [0.25, 0.3) is 5.57 Å². The van der Waals surface area contributed by atoms with Gasteiger partial charge in [0.1, 0.15) is 5.75 Å². The summed E-state index contributed by atoms with van der Waals surface area (Å²) >= 11 is 0. The molecule has 2 N–H and O–H groups in total. The Kier molecular flexibility index (Phi) is 2.94. The number of aliphatic hydroxyl groups excluding tert-OH is 1. The lowest BCUT2D eigenvalue weighted by molar-refractivity contribution is 0.0419. The summed E-state index contributed by atoms with van der Waals surface area (Å²) in [7, 11) is 0. The number of benzene rings is 1. The van der Waals surface area contributed by atoms with Crippen LogP contribution < -0.4 is 0 Å². The standard InChI is InChI=1S/C17H22O2/c1-11-9-14(18)4-5-15(11)12-7-8-17(2)13(10-12)3-6-16(17)19/h4-5,9-10,13,16,18-19H,3,6-8H2,1-2H3/t13-,16+,17+/m1/s1. The minimum atomic E-state index is -0.142. The molecular weight excluding hydrogens is 236 g/mol. The van der Waals surface area contributed by atoms with E-state index in [1.54, 1.807) is 6.07 Å². The molecule has 1 aromatic carbocycles. The molecule has 3 atom stereocenters. The lowest BCUT2D eigenvalue weighted by Gasteiger charge is -2.37. The Morgan fingerprint density at radius 3 is 2.79 bits per heavy atom. The summed E-state index contributed by atoms with van der Waals surface area (Å²) in [6, 6.07) is 5.61. The average molecular weight is 258 g/mol. The highest BCUT2D eigenvalue weighted by molar-refractivity contribution is 5.70. The SMILES string of the molecule is Cc1cc(O)ccc1C1=C[C@H]2CC[C@H](O)[C@@]2(C)CC1. The number of rotatable bonds is 1. The molecular formula is C17H22O2. The smallest absolute Gasteiger partial charge is 0.115 e. The molecule has 19 heavy (non-hydrogen) atoms. The largest absolute Gasteiger partial charge is 0.508 e. The summed E-state index contributed by atoms with van der Waals surface area (Å²) in [5.41, 5.74) is 3.85. The van der Waals surface area contributed by atoms with Crippen LogP contribution in [0.5, 0.6) is 5.75 Å². The van der Waals surface area contributed by atoms with Gasteiger partial charge >= 0.3 is 0 Å². The summed E-state index contributed by atoms with van der Waals surface area (Å²) in [5, 5.41) is 19.7. The number of hydrogen-bond acceptors (Lipinski definition) is 2. The van der Waals surface area contributed by atoms with Gasteiger partial charge < -0.3 is 10.2 Å². The van der Waals surface area contributed by atoms with Crippen molar-refractivity contribution in [3.8, 4) is 5.75 Å². The van der Waals surface area contributed by atoms with Crippen LogP contribution >= 0.6 is 0 Å². The Hall–Kier alpha value is -1.28. The number of aliphatic hydroxyl groups is 1. The highest BCUT2D eigenvalue weighted by atomic mass is 16.3. The van der Waals surface area contributed by atoms with E-state index in [0.29, 0.717) is 11.7 Å². The van der Waals surface area contributed by atoms with Gasteiger partial charge in [-0.1, -0.05) is 19.1 Å². The Labute approximate surface area is 114 Å². The maximum Gasteiger partial charge on any atom is 0.115 e. The minimum absolute atomic E-state index is 0.0777. The number of fused-ring (bicyclic) bond motifs is 1. The van der Waals surface area contributed by atoms with E-state index in [4.69, 9.17) is 0 Å². The molecule has 0 radical (unpaired) electrons. The van der Waals surface area contributed by atoms with Crippen molar-refractivity contribution in [2.75, 3.05) is 0 Å². The van der Waals surface area contributed by atoms with Gasteiger partial charge in [-0.2, -0.15) is 0 Å². The zero-order chi connectivity index (χ0) is 13.6. The van der Waals surface area contributed by atoms with Gasteiger partial charge in [-0.25, -0.2) is 0 Å². The maximum absolute atomic E-state index is 10.2. The second kappa shape index (κ2) is 4.38. The predicted octanol–water partition coefficient (Wildman–Crippen LogP) is 3.66. The van der Waals surface area contributed by atoms with Crippen molar-refractivity contribution in [2.45, 2.75) is 45.6 Å². The van der Waals surface area contributed by atoms with Gasteiger partial charge in [-0.15, -0.1) is 0 Å². The number of allylic oxidation sites excluding steroid dienone is 2. The predicted molar refractivity (Wildman–Crippen MR) is 76.9 cm³/mol. The van der Waals surface area contributed by atoms with Crippen molar-refractivity contribution in [1.29, 1.82) is 0 Å². The Balaban J connectivity index is 1.96. The Morgan fingerprint density at radius 2 is 2.05 bits per heavy atom. The van der Waals surface area contributed by atoms with Crippen molar-refractivity contribution in [1.82, 2.24) is 0 Å². The van der Waals surface area contributed by atoms with Gasteiger partial charge in [0.25, 0.3) is 0 Å². The third kappa shape index (κ3) is 1.99. The number of hydrogen-bond donors (Lipinski definition) is 2. The van der Waals surface area contributed by atoms with Gasteiger partial charge in [-0.3, -0.25) is 0 Å². The molecule has 102 valence electrons. The summed E-state index contributed by atoms with van der Waals surface area (Å²) in [5.74, 6) is 0.832. The highest BCUT2D eigenvalue weighted by Gasteiger charge is 2.46. The molecule has 0 aliphatic heterocycles. The van der Waals surface area contributed by atoms with Crippen LogP contribution in [0, 0.1) is 18.3 Å². The number of aromatic hydroxyl groups is 1. The second-order valence-corrected chi connectivity index (χ2v) is 6.40. The monoisotopic (exact) mass is 258 g/mol. The fourth-order valence-electron chi connectivity index (χ4n) is 3.83. The molecule has 3 rings (SSSR count). The van der Waals surface area contributed by atoms with Crippen molar-refractivity contribution >= 4 is 5.57 Å². The molecule has 0 aromatic heterocycles.